The van der Waals surface area contributed by atoms with E-state index in [1.54, 1.807) is 4.68 Å². The van der Waals surface area contributed by atoms with Gasteiger partial charge in [-0.25, -0.2) is 0 Å². The van der Waals surface area contributed by atoms with Crippen LogP contribution in [0.15, 0.2) is 6.20 Å². The van der Waals surface area contributed by atoms with Crippen LogP contribution in [-0.2, 0) is 11.8 Å². The molecule has 0 radical (unpaired) electrons. The summed E-state index contributed by atoms with van der Waals surface area (Å²) in [6.07, 6.45) is 1.82. The SMILES string of the molecule is Cc1nn(C)cc1NCC(N)C(N)=O. The number of primary amides is 1. The van der Waals surface area contributed by atoms with Gasteiger partial charge in [0, 0.05) is 19.8 Å². The van der Waals surface area contributed by atoms with Gasteiger partial charge < -0.3 is 16.8 Å². The number of nitrogens with one attached hydrogen (secondary N) is 1. The van der Waals surface area contributed by atoms with Gasteiger partial charge in [-0.2, -0.15) is 5.10 Å². The fraction of sp³-hybridized carbons (Fsp3) is 0.500. The average molecular weight is 197 g/mol. The molecular weight excluding hydrogens is 182 g/mol. The van der Waals surface area contributed by atoms with Crippen molar-refractivity contribution in [3.8, 4) is 0 Å². The Kier molecular flexibility index (Phi) is 3.08. The molecule has 0 aliphatic carbocycles. The Labute approximate surface area is 82.3 Å². The van der Waals surface area contributed by atoms with Crippen molar-refractivity contribution in [2.24, 2.45) is 18.5 Å². The van der Waals surface area contributed by atoms with Gasteiger partial charge in [-0.05, 0) is 6.92 Å². The van der Waals surface area contributed by atoms with Crippen LogP contribution in [0.25, 0.3) is 0 Å². The minimum Gasteiger partial charge on any atom is -0.380 e. The summed E-state index contributed by atoms with van der Waals surface area (Å²) in [5.41, 5.74) is 12.2. The van der Waals surface area contributed by atoms with Gasteiger partial charge in [-0.3, -0.25) is 9.48 Å². The number of hydrogen-bond acceptors (Lipinski definition) is 4. The van der Waals surface area contributed by atoms with Gasteiger partial charge in [-0.1, -0.05) is 0 Å². The van der Waals surface area contributed by atoms with Gasteiger partial charge in [0.05, 0.1) is 11.4 Å². The number of aryl methyl sites for hydroxylation is 2. The van der Waals surface area contributed by atoms with Gasteiger partial charge in [0.25, 0.3) is 0 Å². The highest BCUT2D eigenvalue weighted by atomic mass is 16.1. The van der Waals surface area contributed by atoms with Crippen molar-refractivity contribution in [3.63, 3.8) is 0 Å². The first-order chi connectivity index (χ1) is 6.50. The number of nitrogens with two attached hydrogens (primary N) is 2. The van der Waals surface area contributed by atoms with Gasteiger partial charge >= 0.3 is 0 Å². The third-order valence-electron chi connectivity index (χ3n) is 1.89. The Morgan fingerprint density at radius 3 is 2.86 bits per heavy atom. The van der Waals surface area contributed by atoms with E-state index < -0.39 is 11.9 Å². The Hall–Kier alpha value is -1.56. The lowest BCUT2D eigenvalue weighted by Crippen LogP contribution is -2.41. The van der Waals surface area contributed by atoms with Crippen molar-refractivity contribution in [1.29, 1.82) is 0 Å². The number of rotatable bonds is 4. The highest BCUT2D eigenvalue weighted by Crippen LogP contribution is 2.10. The van der Waals surface area contributed by atoms with Gasteiger partial charge in [-0.15, -0.1) is 0 Å². The van der Waals surface area contributed by atoms with Crippen LogP contribution in [0.3, 0.4) is 0 Å². The summed E-state index contributed by atoms with van der Waals surface area (Å²) in [5, 5.41) is 7.14. The van der Waals surface area contributed by atoms with E-state index in [0.29, 0.717) is 6.54 Å². The topological polar surface area (TPSA) is 99.0 Å². The van der Waals surface area contributed by atoms with E-state index in [1.807, 2.05) is 20.2 Å². The normalized spacial score (nSPS) is 12.5. The molecule has 0 aromatic carbocycles. The number of amides is 1. The van der Waals surface area contributed by atoms with Gasteiger partial charge in [0.2, 0.25) is 5.91 Å². The van der Waals surface area contributed by atoms with Crippen LogP contribution in [0, 0.1) is 6.92 Å². The van der Waals surface area contributed by atoms with E-state index in [2.05, 4.69) is 10.4 Å². The summed E-state index contributed by atoms with van der Waals surface area (Å²) in [4.78, 5) is 10.6. The van der Waals surface area contributed by atoms with Crippen molar-refractivity contribution in [1.82, 2.24) is 9.78 Å². The predicted octanol–water partition coefficient (Wildman–Crippen LogP) is -1.05. The van der Waals surface area contributed by atoms with Crippen LogP contribution in [0.5, 0.6) is 0 Å². The summed E-state index contributed by atoms with van der Waals surface area (Å²) in [6, 6.07) is -0.672. The Balaban J connectivity index is 2.53. The first kappa shape index (κ1) is 10.5. The van der Waals surface area contributed by atoms with Crippen molar-refractivity contribution in [2.45, 2.75) is 13.0 Å². The highest BCUT2D eigenvalue weighted by Gasteiger charge is 2.09. The smallest absolute Gasteiger partial charge is 0.236 e. The van der Waals surface area contributed by atoms with E-state index in [4.69, 9.17) is 11.5 Å². The lowest BCUT2D eigenvalue weighted by Gasteiger charge is -2.08. The first-order valence-electron chi connectivity index (χ1n) is 4.29. The lowest BCUT2D eigenvalue weighted by atomic mass is 10.3. The minimum absolute atomic E-state index is 0.321. The van der Waals surface area contributed by atoms with Crippen molar-refractivity contribution in [2.75, 3.05) is 11.9 Å². The van der Waals surface area contributed by atoms with Gasteiger partial charge in [0.15, 0.2) is 0 Å². The number of carbonyl (C=O) groups is 1. The second-order valence-corrected chi connectivity index (χ2v) is 3.19. The third-order valence-corrected chi connectivity index (χ3v) is 1.89. The Morgan fingerprint density at radius 2 is 2.43 bits per heavy atom. The monoisotopic (exact) mass is 197 g/mol. The molecule has 1 aromatic rings. The second kappa shape index (κ2) is 4.10. The summed E-state index contributed by atoms with van der Waals surface area (Å²) in [5.74, 6) is -0.515. The fourth-order valence-electron chi connectivity index (χ4n) is 1.09. The Morgan fingerprint density at radius 1 is 1.79 bits per heavy atom. The molecule has 1 aromatic heterocycles. The Bertz CT molecular complexity index is 332. The molecule has 0 bridgehead atoms. The molecule has 1 amide bonds. The number of aromatic nitrogens is 2. The molecule has 5 N–H and O–H groups in total. The maximum absolute atomic E-state index is 10.6. The molecule has 78 valence electrons. The fourth-order valence-corrected chi connectivity index (χ4v) is 1.09. The first-order valence-corrected chi connectivity index (χ1v) is 4.29. The van der Waals surface area contributed by atoms with Crippen LogP contribution in [-0.4, -0.2) is 28.3 Å². The van der Waals surface area contributed by atoms with Crippen LogP contribution < -0.4 is 16.8 Å². The molecular formula is C8H15N5O. The predicted molar refractivity (Wildman–Crippen MR) is 53.6 cm³/mol. The van der Waals surface area contributed by atoms with E-state index in [1.165, 1.54) is 0 Å². The van der Waals surface area contributed by atoms with Crippen LogP contribution in [0.4, 0.5) is 5.69 Å². The molecule has 1 heterocycles. The zero-order valence-corrected chi connectivity index (χ0v) is 8.32. The number of hydrogen-bond donors (Lipinski definition) is 3. The summed E-state index contributed by atoms with van der Waals surface area (Å²) >= 11 is 0. The molecule has 0 aliphatic rings. The zero-order chi connectivity index (χ0) is 10.7. The number of anilines is 1. The molecule has 1 unspecified atom stereocenters. The molecule has 6 heteroatoms. The molecule has 1 rings (SSSR count). The van der Waals surface area contributed by atoms with Gasteiger partial charge in [0.1, 0.15) is 6.04 Å². The van der Waals surface area contributed by atoms with E-state index in [9.17, 15) is 4.79 Å². The molecule has 14 heavy (non-hydrogen) atoms. The standard InChI is InChI=1S/C8H15N5O/c1-5-7(4-13(2)12-5)11-3-6(9)8(10)14/h4,6,11H,3,9H2,1-2H3,(H2,10,14). The molecule has 6 nitrogen and oxygen atoms in total. The minimum atomic E-state index is -0.672. The average Bonchev–Trinajstić information content (AvgIpc) is 2.40. The number of carbonyl (C=O) groups excluding carboxylic acids is 1. The van der Waals surface area contributed by atoms with Crippen molar-refractivity contribution in [3.05, 3.63) is 11.9 Å². The van der Waals surface area contributed by atoms with Crippen LogP contribution in [0.2, 0.25) is 0 Å². The van der Waals surface area contributed by atoms with Crippen LogP contribution in [0.1, 0.15) is 5.69 Å². The molecule has 0 aliphatic heterocycles. The maximum Gasteiger partial charge on any atom is 0.236 e. The molecule has 0 fully saturated rings. The maximum atomic E-state index is 10.6. The second-order valence-electron chi connectivity index (χ2n) is 3.19. The molecule has 0 saturated carbocycles. The van der Waals surface area contributed by atoms with Crippen molar-refractivity contribution >= 4 is 11.6 Å². The van der Waals surface area contributed by atoms with Crippen molar-refractivity contribution < 1.29 is 4.79 Å². The van der Waals surface area contributed by atoms with E-state index in [-0.39, 0.29) is 0 Å². The van der Waals surface area contributed by atoms with Crippen LogP contribution >= 0.6 is 0 Å². The summed E-state index contributed by atoms with van der Waals surface area (Å²) in [7, 11) is 1.83. The third kappa shape index (κ3) is 2.46. The molecule has 0 saturated heterocycles. The van der Waals surface area contributed by atoms with E-state index in [0.717, 1.165) is 11.4 Å². The quantitative estimate of drug-likeness (QED) is 0.573. The highest BCUT2D eigenvalue weighted by molar-refractivity contribution is 5.80. The van der Waals surface area contributed by atoms with E-state index >= 15 is 0 Å². The number of nitrogens with zero attached hydrogens (tertiary/aromatic N) is 2. The largest absolute Gasteiger partial charge is 0.380 e. The summed E-state index contributed by atoms with van der Waals surface area (Å²) in [6.45, 7) is 2.19. The lowest BCUT2D eigenvalue weighted by molar-refractivity contribution is -0.118. The summed E-state index contributed by atoms with van der Waals surface area (Å²) < 4.78 is 1.69. The molecule has 1 atom stereocenters. The zero-order valence-electron chi connectivity index (χ0n) is 8.32. The molecule has 0 spiro atoms.